The van der Waals surface area contributed by atoms with Crippen LogP contribution in [0.5, 0.6) is 5.75 Å². The molecule has 0 amide bonds. The normalized spacial score (nSPS) is 10.5. The monoisotopic (exact) mass is 283 g/mol. The maximum atomic E-state index is 11.7. The molecule has 0 unspecified atom stereocenters. The number of ether oxygens (including phenoxy) is 1. The molecule has 0 aliphatic carbocycles. The van der Waals surface area contributed by atoms with Crippen molar-refractivity contribution in [2.24, 2.45) is 0 Å². The van der Waals surface area contributed by atoms with Gasteiger partial charge in [0.25, 0.3) is 5.56 Å². The van der Waals surface area contributed by atoms with E-state index in [1.807, 2.05) is 24.3 Å². The quantitative estimate of drug-likeness (QED) is 0.704. The summed E-state index contributed by atoms with van der Waals surface area (Å²) in [5.41, 5.74) is 7.89. The van der Waals surface area contributed by atoms with E-state index in [0.29, 0.717) is 11.5 Å². The Kier molecular flexibility index (Phi) is 3.15. The summed E-state index contributed by atoms with van der Waals surface area (Å²) in [6.07, 6.45) is 4.75. The molecule has 3 N–H and O–H groups in total. The Bertz CT molecular complexity index is 837. The van der Waals surface area contributed by atoms with Gasteiger partial charge in [-0.05, 0) is 17.7 Å². The molecule has 7 nitrogen and oxygen atoms in total. The highest BCUT2D eigenvalue weighted by molar-refractivity contribution is 5.66. The predicted molar refractivity (Wildman–Crippen MR) is 78.4 cm³/mol. The van der Waals surface area contributed by atoms with E-state index < -0.39 is 0 Å². The van der Waals surface area contributed by atoms with Gasteiger partial charge in [-0.1, -0.05) is 12.1 Å². The topological polar surface area (TPSA) is 98.8 Å². The van der Waals surface area contributed by atoms with Gasteiger partial charge >= 0.3 is 0 Å². The Morgan fingerprint density at radius 1 is 1.33 bits per heavy atom. The third-order valence-electron chi connectivity index (χ3n) is 3.02. The van der Waals surface area contributed by atoms with Crippen molar-refractivity contribution >= 4 is 5.69 Å². The van der Waals surface area contributed by atoms with E-state index in [1.54, 1.807) is 12.4 Å². The SMILES string of the molecule is COc1c(-n2cc(-c3cccc(N)c3)cn2)nc[nH]c1=O. The zero-order chi connectivity index (χ0) is 14.8. The van der Waals surface area contributed by atoms with Gasteiger partial charge in [-0.2, -0.15) is 5.10 Å². The molecule has 0 saturated carbocycles. The minimum absolute atomic E-state index is 0.111. The molecule has 0 fully saturated rings. The molecule has 7 heteroatoms. The lowest BCUT2D eigenvalue weighted by molar-refractivity contribution is 0.402. The Labute approximate surface area is 120 Å². The summed E-state index contributed by atoms with van der Waals surface area (Å²) in [7, 11) is 1.41. The van der Waals surface area contributed by atoms with Gasteiger partial charge in [-0.15, -0.1) is 0 Å². The fourth-order valence-corrected chi connectivity index (χ4v) is 2.03. The van der Waals surface area contributed by atoms with Crippen molar-refractivity contribution in [3.63, 3.8) is 0 Å². The smallest absolute Gasteiger partial charge is 0.295 e. The van der Waals surface area contributed by atoms with Crippen molar-refractivity contribution in [1.82, 2.24) is 19.7 Å². The number of nitrogen functional groups attached to an aromatic ring is 1. The van der Waals surface area contributed by atoms with Crippen LogP contribution in [0.3, 0.4) is 0 Å². The zero-order valence-electron chi connectivity index (χ0n) is 11.3. The highest BCUT2D eigenvalue weighted by Gasteiger charge is 2.12. The van der Waals surface area contributed by atoms with Crippen LogP contribution in [0.2, 0.25) is 0 Å². The van der Waals surface area contributed by atoms with E-state index in [-0.39, 0.29) is 11.3 Å². The van der Waals surface area contributed by atoms with Crippen molar-refractivity contribution in [3.05, 3.63) is 53.3 Å². The number of aromatic amines is 1. The Hall–Kier alpha value is -3.09. The molecule has 106 valence electrons. The number of H-pyrrole nitrogens is 1. The third-order valence-corrected chi connectivity index (χ3v) is 3.02. The summed E-state index contributed by atoms with van der Waals surface area (Å²) in [5.74, 6) is 0.441. The lowest BCUT2D eigenvalue weighted by atomic mass is 10.1. The van der Waals surface area contributed by atoms with Crippen LogP contribution in [-0.4, -0.2) is 26.9 Å². The number of benzene rings is 1. The molecule has 1 aromatic carbocycles. The van der Waals surface area contributed by atoms with E-state index >= 15 is 0 Å². The van der Waals surface area contributed by atoms with Gasteiger partial charge in [-0.25, -0.2) is 9.67 Å². The number of methoxy groups -OCH3 is 1. The number of nitrogens with one attached hydrogen (secondary N) is 1. The van der Waals surface area contributed by atoms with Crippen molar-refractivity contribution in [2.45, 2.75) is 0 Å². The lowest BCUT2D eigenvalue weighted by Crippen LogP contribution is -2.14. The summed E-state index contributed by atoms with van der Waals surface area (Å²) in [4.78, 5) is 18.2. The van der Waals surface area contributed by atoms with Crippen molar-refractivity contribution in [2.75, 3.05) is 12.8 Å². The second-order valence-electron chi connectivity index (χ2n) is 4.39. The van der Waals surface area contributed by atoms with E-state index in [2.05, 4.69) is 15.1 Å². The van der Waals surface area contributed by atoms with Gasteiger partial charge in [0.1, 0.15) is 0 Å². The number of anilines is 1. The van der Waals surface area contributed by atoms with Crippen molar-refractivity contribution in [1.29, 1.82) is 0 Å². The van der Waals surface area contributed by atoms with E-state index in [0.717, 1.165) is 11.1 Å². The first kappa shape index (κ1) is 12.9. The maximum Gasteiger partial charge on any atom is 0.295 e. The number of hydrogen-bond donors (Lipinski definition) is 2. The van der Waals surface area contributed by atoms with Crippen LogP contribution >= 0.6 is 0 Å². The fraction of sp³-hybridized carbons (Fsp3) is 0.0714. The third kappa shape index (κ3) is 2.36. The molecular formula is C14H13N5O2. The average molecular weight is 283 g/mol. The molecule has 0 spiro atoms. The highest BCUT2D eigenvalue weighted by Crippen LogP contribution is 2.23. The summed E-state index contributed by atoms with van der Waals surface area (Å²) in [5, 5.41) is 4.22. The summed E-state index contributed by atoms with van der Waals surface area (Å²) < 4.78 is 6.57. The molecule has 0 saturated heterocycles. The van der Waals surface area contributed by atoms with Gasteiger partial charge in [0.05, 0.1) is 19.6 Å². The minimum Gasteiger partial charge on any atom is -0.488 e. The summed E-state index contributed by atoms with van der Waals surface area (Å²) in [6.45, 7) is 0. The van der Waals surface area contributed by atoms with E-state index in [1.165, 1.54) is 18.1 Å². The van der Waals surface area contributed by atoms with Crippen LogP contribution in [-0.2, 0) is 0 Å². The van der Waals surface area contributed by atoms with Gasteiger partial charge < -0.3 is 15.5 Å². The number of nitrogens with two attached hydrogens (primary N) is 1. The molecular weight excluding hydrogens is 270 g/mol. The molecule has 0 bridgehead atoms. The van der Waals surface area contributed by atoms with Crippen molar-refractivity contribution < 1.29 is 4.74 Å². The highest BCUT2D eigenvalue weighted by atomic mass is 16.5. The van der Waals surface area contributed by atoms with Gasteiger partial charge in [0.2, 0.25) is 11.6 Å². The van der Waals surface area contributed by atoms with E-state index in [9.17, 15) is 4.79 Å². The Morgan fingerprint density at radius 2 is 2.19 bits per heavy atom. The van der Waals surface area contributed by atoms with Crippen LogP contribution in [0, 0.1) is 0 Å². The van der Waals surface area contributed by atoms with Crippen LogP contribution < -0.4 is 16.0 Å². The molecule has 0 aliphatic heterocycles. The lowest BCUT2D eigenvalue weighted by Gasteiger charge is -2.05. The first-order valence-electron chi connectivity index (χ1n) is 6.21. The predicted octanol–water partition coefficient (Wildman–Crippen LogP) is 1.21. The van der Waals surface area contributed by atoms with Gasteiger partial charge in [-0.3, -0.25) is 4.79 Å². The number of rotatable bonds is 3. The van der Waals surface area contributed by atoms with Crippen LogP contribution in [0.1, 0.15) is 0 Å². The second kappa shape index (κ2) is 5.12. The largest absolute Gasteiger partial charge is 0.488 e. The van der Waals surface area contributed by atoms with Crippen molar-refractivity contribution in [3.8, 4) is 22.7 Å². The summed E-state index contributed by atoms with van der Waals surface area (Å²) in [6, 6.07) is 7.47. The number of nitrogens with zero attached hydrogens (tertiary/aromatic N) is 3. The number of hydrogen-bond acceptors (Lipinski definition) is 5. The first-order chi connectivity index (χ1) is 10.2. The standard InChI is InChI=1S/C14H13N5O2/c1-21-12-13(16-8-17-14(12)20)19-7-10(6-18-19)9-3-2-4-11(15)5-9/h2-8H,15H2,1H3,(H,16,17,20). The summed E-state index contributed by atoms with van der Waals surface area (Å²) >= 11 is 0. The molecule has 0 atom stereocenters. The average Bonchev–Trinajstić information content (AvgIpc) is 2.96. The molecule has 3 aromatic rings. The minimum atomic E-state index is -0.358. The van der Waals surface area contributed by atoms with Crippen LogP contribution in [0.15, 0.2) is 47.8 Å². The molecule has 0 radical (unpaired) electrons. The van der Waals surface area contributed by atoms with Crippen LogP contribution in [0.4, 0.5) is 5.69 Å². The fourth-order valence-electron chi connectivity index (χ4n) is 2.03. The Morgan fingerprint density at radius 3 is 2.95 bits per heavy atom. The maximum absolute atomic E-state index is 11.7. The van der Waals surface area contributed by atoms with E-state index in [4.69, 9.17) is 10.5 Å². The molecule has 2 heterocycles. The first-order valence-corrected chi connectivity index (χ1v) is 6.21. The number of aromatic nitrogens is 4. The second-order valence-corrected chi connectivity index (χ2v) is 4.39. The molecule has 2 aromatic heterocycles. The van der Waals surface area contributed by atoms with Gasteiger partial charge in [0, 0.05) is 17.4 Å². The van der Waals surface area contributed by atoms with Gasteiger partial charge in [0.15, 0.2) is 0 Å². The molecule has 21 heavy (non-hydrogen) atoms. The molecule has 3 rings (SSSR count). The van der Waals surface area contributed by atoms with Crippen LogP contribution in [0.25, 0.3) is 16.9 Å². The Balaban J connectivity index is 2.07. The molecule has 0 aliphatic rings. The zero-order valence-corrected chi connectivity index (χ0v) is 11.3.